The van der Waals surface area contributed by atoms with Gasteiger partial charge in [-0.25, -0.2) is 4.99 Å². The zero-order valence-electron chi connectivity index (χ0n) is 20.8. The van der Waals surface area contributed by atoms with E-state index in [1.807, 2.05) is 36.4 Å². The first-order valence-corrected chi connectivity index (χ1v) is 11.7. The minimum atomic E-state index is -4.56. The highest BCUT2D eigenvalue weighted by molar-refractivity contribution is 5.81. The van der Waals surface area contributed by atoms with E-state index >= 15 is 0 Å². The summed E-state index contributed by atoms with van der Waals surface area (Å²) in [5.41, 5.74) is 3.99. The SMILES string of the molecule is Cn1/c(=N/c2ccc(C(C)(C)C)cc2)n(Cc2ccc(CO)cc2)c2cc(C(F)(F)F)cc(CO)c21. The van der Waals surface area contributed by atoms with Gasteiger partial charge in [-0.3, -0.25) is 0 Å². The molecule has 4 rings (SSSR count). The van der Waals surface area contributed by atoms with Gasteiger partial charge < -0.3 is 19.3 Å². The Morgan fingerprint density at radius 3 is 1.94 bits per heavy atom. The van der Waals surface area contributed by atoms with Crippen LogP contribution >= 0.6 is 0 Å². The van der Waals surface area contributed by atoms with Crippen molar-refractivity contribution in [2.45, 2.75) is 52.1 Å². The number of aliphatic hydroxyl groups excluding tert-OH is 2. The second-order valence-corrected chi connectivity index (χ2v) is 9.99. The average Bonchev–Trinajstić information content (AvgIpc) is 3.09. The molecule has 0 bridgehead atoms. The van der Waals surface area contributed by atoms with Gasteiger partial charge in [0.2, 0.25) is 5.62 Å². The normalized spacial score (nSPS) is 13.1. The Bertz CT molecular complexity index is 1440. The molecule has 0 spiro atoms. The van der Waals surface area contributed by atoms with Gasteiger partial charge in [0.15, 0.2) is 0 Å². The van der Waals surface area contributed by atoms with Crippen LogP contribution in [0.15, 0.2) is 65.7 Å². The summed E-state index contributed by atoms with van der Waals surface area (Å²) in [6.07, 6.45) is -4.56. The predicted molar refractivity (Wildman–Crippen MR) is 134 cm³/mol. The van der Waals surface area contributed by atoms with Crippen molar-refractivity contribution in [3.05, 3.63) is 94.1 Å². The molecule has 0 amide bonds. The minimum absolute atomic E-state index is 0.0250. The molecule has 1 heterocycles. The first-order valence-electron chi connectivity index (χ1n) is 11.7. The number of hydrogen-bond donors (Lipinski definition) is 2. The zero-order valence-corrected chi connectivity index (χ0v) is 20.8. The third kappa shape index (κ3) is 5.10. The molecule has 0 fully saturated rings. The van der Waals surface area contributed by atoms with Crippen LogP contribution in [-0.2, 0) is 38.4 Å². The van der Waals surface area contributed by atoms with Gasteiger partial charge in [-0.05, 0) is 46.4 Å². The van der Waals surface area contributed by atoms with Gasteiger partial charge >= 0.3 is 6.18 Å². The molecule has 0 aliphatic heterocycles. The number of rotatable bonds is 5. The number of imidazole rings is 1. The van der Waals surface area contributed by atoms with E-state index in [-0.39, 0.29) is 24.1 Å². The van der Waals surface area contributed by atoms with Gasteiger partial charge in [0.25, 0.3) is 0 Å². The van der Waals surface area contributed by atoms with Gasteiger partial charge in [-0.2, -0.15) is 13.2 Å². The molecule has 0 saturated heterocycles. The van der Waals surface area contributed by atoms with Gasteiger partial charge in [0, 0.05) is 12.6 Å². The third-order valence-electron chi connectivity index (χ3n) is 6.34. The van der Waals surface area contributed by atoms with Crippen molar-refractivity contribution in [2.75, 3.05) is 0 Å². The molecular weight excluding hydrogens is 467 g/mol. The number of alkyl halides is 3. The van der Waals surface area contributed by atoms with Crippen LogP contribution in [0.2, 0.25) is 0 Å². The minimum Gasteiger partial charge on any atom is -0.392 e. The lowest BCUT2D eigenvalue weighted by molar-refractivity contribution is -0.137. The molecule has 1 aromatic heterocycles. The Morgan fingerprint density at radius 1 is 0.806 bits per heavy atom. The van der Waals surface area contributed by atoms with Crippen molar-refractivity contribution in [3.63, 3.8) is 0 Å². The molecule has 190 valence electrons. The number of aromatic nitrogens is 2. The van der Waals surface area contributed by atoms with Crippen molar-refractivity contribution in [2.24, 2.45) is 12.0 Å². The quantitative estimate of drug-likeness (QED) is 0.379. The van der Waals surface area contributed by atoms with Crippen LogP contribution in [-0.4, -0.2) is 19.3 Å². The van der Waals surface area contributed by atoms with E-state index in [0.29, 0.717) is 22.3 Å². The Kier molecular flexibility index (Phi) is 6.86. The summed E-state index contributed by atoms with van der Waals surface area (Å²) in [7, 11) is 1.74. The van der Waals surface area contributed by atoms with E-state index in [1.165, 1.54) is 0 Å². The number of aryl methyl sites for hydroxylation is 1. The Labute approximate surface area is 207 Å². The topological polar surface area (TPSA) is 62.7 Å². The fourth-order valence-corrected chi connectivity index (χ4v) is 4.32. The van der Waals surface area contributed by atoms with Crippen LogP contribution in [0.1, 0.15) is 48.6 Å². The van der Waals surface area contributed by atoms with Crippen molar-refractivity contribution >= 4 is 16.7 Å². The number of aliphatic hydroxyl groups is 2. The van der Waals surface area contributed by atoms with Gasteiger partial charge in [0.1, 0.15) is 0 Å². The fourth-order valence-electron chi connectivity index (χ4n) is 4.32. The molecule has 0 atom stereocenters. The van der Waals surface area contributed by atoms with E-state index in [1.54, 1.807) is 28.3 Å². The highest BCUT2D eigenvalue weighted by Crippen LogP contribution is 2.33. The maximum absolute atomic E-state index is 13.7. The van der Waals surface area contributed by atoms with Crippen LogP contribution in [0.3, 0.4) is 0 Å². The van der Waals surface area contributed by atoms with Crippen molar-refractivity contribution in [3.8, 4) is 0 Å². The molecule has 0 aliphatic carbocycles. The molecule has 4 aromatic rings. The molecule has 0 unspecified atom stereocenters. The second kappa shape index (κ2) is 9.59. The molecular formula is C28H30F3N3O2. The van der Waals surface area contributed by atoms with E-state index < -0.39 is 18.3 Å². The first-order chi connectivity index (χ1) is 16.9. The van der Waals surface area contributed by atoms with Crippen molar-refractivity contribution < 1.29 is 23.4 Å². The number of fused-ring (bicyclic) bond motifs is 1. The molecule has 0 saturated carbocycles. The number of hydrogen-bond acceptors (Lipinski definition) is 3. The summed E-state index contributed by atoms with van der Waals surface area (Å²) < 4.78 is 44.6. The molecule has 2 N–H and O–H groups in total. The summed E-state index contributed by atoms with van der Waals surface area (Å²) in [5, 5.41) is 19.3. The average molecular weight is 498 g/mol. The number of benzene rings is 3. The van der Waals surface area contributed by atoms with E-state index in [9.17, 15) is 23.4 Å². The lowest BCUT2D eigenvalue weighted by atomic mass is 9.87. The summed E-state index contributed by atoms with van der Waals surface area (Å²) >= 11 is 0. The second-order valence-electron chi connectivity index (χ2n) is 9.99. The Morgan fingerprint density at radius 2 is 1.42 bits per heavy atom. The Balaban J connectivity index is 1.98. The third-order valence-corrected chi connectivity index (χ3v) is 6.34. The van der Waals surface area contributed by atoms with Crippen LogP contribution in [0, 0.1) is 0 Å². The van der Waals surface area contributed by atoms with Gasteiger partial charge in [-0.15, -0.1) is 0 Å². The van der Waals surface area contributed by atoms with E-state index in [0.717, 1.165) is 28.8 Å². The lowest BCUT2D eigenvalue weighted by Gasteiger charge is -2.18. The van der Waals surface area contributed by atoms with Crippen LogP contribution in [0.4, 0.5) is 18.9 Å². The highest BCUT2D eigenvalue weighted by atomic mass is 19.4. The lowest BCUT2D eigenvalue weighted by Crippen LogP contribution is -2.24. The maximum atomic E-state index is 13.7. The summed E-state index contributed by atoms with van der Waals surface area (Å²) in [6, 6.07) is 17.1. The predicted octanol–water partition coefficient (Wildman–Crippen LogP) is 5.56. The monoisotopic (exact) mass is 497 g/mol. The summed E-state index contributed by atoms with van der Waals surface area (Å²) in [4.78, 5) is 4.82. The van der Waals surface area contributed by atoms with Gasteiger partial charge in [-0.1, -0.05) is 57.2 Å². The molecule has 3 aromatic carbocycles. The molecule has 0 aliphatic rings. The summed E-state index contributed by atoms with van der Waals surface area (Å²) in [6.45, 7) is 5.98. The molecule has 5 nitrogen and oxygen atoms in total. The first kappa shape index (κ1) is 25.7. The zero-order chi connectivity index (χ0) is 26.3. The number of halogens is 3. The van der Waals surface area contributed by atoms with Crippen molar-refractivity contribution in [1.29, 1.82) is 0 Å². The Hall–Kier alpha value is -3.36. The summed E-state index contributed by atoms with van der Waals surface area (Å²) in [5.74, 6) is 0. The maximum Gasteiger partial charge on any atom is 0.416 e. The molecule has 0 radical (unpaired) electrons. The molecule has 8 heteroatoms. The van der Waals surface area contributed by atoms with Gasteiger partial charge in [0.05, 0.1) is 42.0 Å². The standard InChI is InChI=1S/C28H30F3N3O2/c1-27(2,3)21-9-11-23(12-10-21)32-26-33(4)25-20(17-36)13-22(28(29,30)31)14-24(25)34(26)15-18-5-7-19(16-35)8-6-18/h5-14,35-36H,15-17H2,1-4H3/b32-26-. The van der Waals surface area contributed by atoms with Crippen LogP contribution < -0.4 is 5.62 Å². The highest BCUT2D eigenvalue weighted by Gasteiger charge is 2.32. The largest absolute Gasteiger partial charge is 0.416 e. The van der Waals surface area contributed by atoms with Crippen molar-refractivity contribution in [1.82, 2.24) is 9.13 Å². The van der Waals surface area contributed by atoms with Crippen LogP contribution in [0.25, 0.3) is 11.0 Å². The fraction of sp³-hybridized carbons (Fsp3) is 0.321. The van der Waals surface area contributed by atoms with Crippen LogP contribution in [0.5, 0.6) is 0 Å². The smallest absolute Gasteiger partial charge is 0.392 e. The molecule has 36 heavy (non-hydrogen) atoms. The van der Waals surface area contributed by atoms with E-state index in [2.05, 4.69) is 20.8 Å². The van der Waals surface area contributed by atoms with E-state index in [4.69, 9.17) is 4.99 Å². The number of nitrogens with zero attached hydrogens (tertiary/aromatic N) is 3.